The molecule has 1 aromatic heterocycles. The third-order valence-electron chi connectivity index (χ3n) is 8.31. The van der Waals surface area contributed by atoms with Crippen molar-refractivity contribution in [1.29, 1.82) is 0 Å². The van der Waals surface area contributed by atoms with E-state index in [1.165, 1.54) is 10.6 Å². The third-order valence-corrected chi connectivity index (χ3v) is 10.0. The Bertz CT molecular complexity index is 1650. The van der Waals surface area contributed by atoms with Gasteiger partial charge in [0.1, 0.15) is 23.8 Å². The molecule has 0 unspecified atom stereocenters. The number of aliphatic hydroxyl groups is 1. The summed E-state index contributed by atoms with van der Waals surface area (Å²) in [5.41, 5.74) is 2.45. The highest BCUT2D eigenvalue weighted by atomic mass is 28.3. The number of aryl methyl sites for hydroxylation is 1. The molecule has 42 heavy (non-hydrogen) atoms. The number of halogens is 2. The zero-order valence-electron chi connectivity index (χ0n) is 24.3. The predicted molar refractivity (Wildman–Crippen MR) is 161 cm³/mol. The van der Waals surface area contributed by atoms with Gasteiger partial charge in [0.25, 0.3) is 0 Å². The highest BCUT2D eigenvalue weighted by molar-refractivity contribution is 6.76. The Balaban J connectivity index is 1.39. The molecule has 7 nitrogen and oxygen atoms in total. The van der Waals surface area contributed by atoms with Crippen LogP contribution in [0.25, 0.3) is 22.2 Å². The highest BCUT2D eigenvalue weighted by Crippen LogP contribution is 2.42. The van der Waals surface area contributed by atoms with Gasteiger partial charge in [0, 0.05) is 20.7 Å². The zero-order chi connectivity index (χ0) is 29.8. The molecule has 220 valence electrons. The fraction of sp³-hybridized carbons (Fsp3) is 0.387. The van der Waals surface area contributed by atoms with Crippen molar-refractivity contribution in [1.82, 2.24) is 9.55 Å². The Morgan fingerprint density at radius 2 is 1.86 bits per heavy atom. The second kappa shape index (κ2) is 10.9. The van der Waals surface area contributed by atoms with Crippen LogP contribution in [0.2, 0.25) is 25.7 Å². The molecular formula is C31H35BF2N2O5Si. The summed E-state index contributed by atoms with van der Waals surface area (Å²) in [5, 5.41) is 20.9. The summed E-state index contributed by atoms with van der Waals surface area (Å²) < 4.78 is 50.8. The number of aromatic nitrogens is 2. The number of nitrogens with zero attached hydrogens (tertiary/aromatic N) is 2. The summed E-state index contributed by atoms with van der Waals surface area (Å²) >= 11 is 0. The molecular weight excluding hydrogens is 557 g/mol. The monoisotopic (exact) mass is 592 g/mol. The average molecular weight is 593 g/mol. The van der Waals surface area contributed by atoms with Gasteiger partial charge in [-0.1, -0.05) is 50.0 Å². The maximum Gasteiger partial charge on any atom is 0.491 e. The Hall–Kier alpha value is -3.09. The first-order valence-electron chi connectivity index (χ1n) is 14.3. The lowest BCUT2D eigenvalue weighted by molar-refractivity contribution is -0.0387. The molecule has 1 saturated carbocycles. The summed E-state index contributed by atoms with van der Waals surface area (Å²) in [6.45, 7) is 9.40. The maximum atomic E-state index is 16.1. The van der Waals surface area contributed by atoms with E-state index in [-0.39, 0.29) is 29.3 Å². The van der Waals surface area contributed by atoms with Crippen LogP contribution in [0.3, 0.4) is 0 Å². The number of hydrogen-bond donors (Lipinski definition) is 2. The Kier molecular flexibility index (Phi) is 7.51. The van der Waals surface area contributed by atoms with Gasteiger partial charge in [-0.25, -0.2) is 8.78 Å². The summed E-state index contributed by atoms with van der Waals surface area (Å²) in [6, 6.07) is 12.5. The summed E-state index contributed by atoms with van der Waals surface area (Å²) in [6.07, 6.45) is 2.31. The van der Waals surface area contributed by atoms with Crippen LogP contribution < -0.4 is 10.2 Å². The van der Waals surface area contributed by atoms with Gasteiger partial charge < -0.3 is 24.3 Å². The minimum atomic E-state index is -1.36. The van der Waals surface area contributed by atoms with E-state index in [0.29, 0.717) is 42.8 Å². The van der Waals surface area contributed by atoms with Gasteiger partial charge in [0.15, 0.2) is 5.82 Å². The van der Waals surface area contributed by atoms with Crippen LogP contribution in [0, 0.1) is 18.6 Å². The van der Waals surface area contributed by atoms with Crippen molar-refractivity contribution in [3.63, 3.8) is 0 Å². The fourth-order valence-corrected chi connectivity index (χ4v) is 6.26. The fourth-order valence-electron chi connectivity index (χ4n) is 5.50. The largest absolute Gasteiger partial charge is 0.491 e. The predicted octanol–water partition coefficient (Wildman–Crippen LogP) is 5.98. The van der Waals surface area contributed by atoms with E-state index in [4.69, 9.17) is 14.1 Å². The topological polar surface area (TPSA) is 86.0 Å². The van der Waals surface area contributed by atoms with Gasteiger partial charge >= 0.3 is 13.1 Å². The quantitative estimate of drug-likeness (QED) is 0.184. The lowest BCUT2D eigenvalue weighted by Crippen LogP contribution is -2.33. The van der Waals surface area contributed by atoms with E-state index in [0.717, 1.165) is 29.2 Å². The van der Waals surface area contributed by atoms with Crippen molar-refractivity contribution in [2.24, 2.45) is 0 Å². The summed E-state index contributed by atoms with van der Waals surface area (Å²) in [4.78, 5) is 4.49. The molecule has 0 spiro atoms. The Labute approximate surface area is 245 Å². The molecule has 0 radical (unpaired) electrons. The Morgan fingerprint density at radius 3 is 2.52 bits per heavy atom. The average Bonchev–Trinajstić information content (AvgIpc) is 3.44. The van der Waals surface area contributed by atoms with Gasteiger partial charge in [-0.15, -0.1) is 0 Å². The van der Waals surface area contributed by atoms with Crippen LogP contribution in [0.15, 0.2) is 42.5 Å². The first-order chi connectivity index (χ1) is 19.9. The van der Waals surface area contributed by atoms with Gasteiger partial charge in [-0.2, -0.15) is 4.98 Å². The SMILES string of the molecule is Cc1cc2c(cc1Oc1nc3c(F)c(-c4ccc(C5(O)CCC5)cc4)c(F)cc3n1COCC[Si](C)(C)C)B(O)OC2. The molecule has 4 aromatic rings. The van der Waals surface area contributed by atoms with Crippen LogP contribution >= 0.6 is 0 Å². The molecule has 1 fully saturated rings. The first kappa shape index (κ1) is 29.0. The van der Waals surface area contributed by atoms with E-state index in [2.05, 4.69) is 24.6 Å². The van der Waals surface area contributed by atoms with Gasteiger partial charge in [-0.05, 0) is 66.0 Å². The molecule has 2 N–H and O–H groups in total. The third kappa shape index (κ3) is 5.40. The van der Waals surface area contributed by atoms with Crippen molar-refractivity contribution in [3.05, 3.63) is 70.8 Å². The van der Waals surface area contributed by atoms with E-state index in [1.807, 2.05) is 13.0 Å². The van der Waals surface area contributed by atoms with E-state index in [9.17, 15) is 10.1 Å². The normalized spacial score (nSPS) is 16.1. The van der Waals surface area contributed by atoms with Crippen molar-refractivity contribution in [2.75, 3.05) is 6.61 Å². The zero-order valence-corrected chi connectivity index (χ0v) is 25.3. The van der Waals surface area contributed by atoms with Crippen LogP contribution in [0.5, 0.6) is 11.8 Å². The molecule has 11 heteroatoms. The first-order valence-corrected chi connectivity index (χ1v) is 18.0. The molecule has 2 aliphatic rings. The van der Waals surface area contributed by atoms with Crippen molar-refractivity contribution in [3.8, 4) is 22.9 Å². The Morgan fingerprint density at radius 1 is 1.12 bits per heavy atom. The molecule has 0 atom stereocenters. The number of rotatable bonds is 9. The van der Waals surface area contributed by atoms with Crippen molar-refractivity contribution >= 4 is 31.7 Å². The van der Waals surface area contributed by atoms with Gasteiger partial charge in [-0.3, -0.25) is 4.57 Å². The van der Waals surface area contributed by atoms with E-state index in [1.54, 1.807) is 30.3 Å². The lowest BCUT2D eigenvalue weighted by atomic mass is 9.75. The number of imidazole rings is 1. The molecule has 0 saturated heterocycles. The summed E-state index contributed by atoms with van der Waals surface area (Å²) in [7, 11) is -2.42. The highest BCUT2D eigenvalue weighted by Gasteiger charge is 2.36. The van der Waals surface area contributed by atoms with Crippen molar-refractivity contribution in [2.45, 2.75) is 70.8 Å². The molecule has 1 aliphatic heterocycles. The molecule has 3 aromatic carbocycles. The minimum absolute atomic E-state index is 0.00244. The molecule has 0 amide bonds. The molecule has 6 rings (SSSR count). The molecule has 1 aliphatic carbocycles. The van der Waals surface area contributed by atoms with Gasteiger partial charge in [0.05, 0.1) is 23.3 Å². The van der Waals surface area contributed by atoms with Crippen LogP contribution in [0.1, 0.15) is 36.0 Å². The molecule has 2 heterocycles. The summed E-state index contributed by atoms with van der Waals surface area (Å²) in [5.74, 6) is -1.12. The van der Waals surface area contributed by atoms with Crippen LogP contribution in [0.4, 0.5) is 8.78 Å². The van der Waals surface area contributed by atoms with Gasteiger partial charge in [0.2, 0.25) is 0 Å². The van der Waals surface area contributed by atoms with Crippen LogP contribution in [-0.4, -0.2) is 41.5 Å². The standard InChI is InChI=1S/C31H35BF2N2O5Si/c1-19-14-21-17-40-32(38)23(21)15-26(19)41-30-35-29-25(36(30)18-39-12-13-42(2,3)4)16-24(33)27(28(29)34)20-6-8-22(9-7-20)31(37)10-5-11-31/h6-9,14-16,37-38H,5,10-13,17-18H2,1-4H3. The smallest absolute Gasteiger partial charge is 0.425 e. The number of fused-ring (bicyclic) bond motifs is 2. The lowest BCUT2D eigenvalue weighted by Gasteiger charge is -2.37. The van der Waals surface area contributed by atoms with E-state index < -0.39 is 32.4 Å². The molecule has 0 bridgehead atoms. The van der Waals surface area contributed by atoms with Crippen LogP contribution in [-0.2, 0) is 28.3 Å². The maximum absolute atomic E-state index is 16.1. The number of ether oxygens (including phenoxy) is 2. The van der Waals surface area contributed by atoms with E-state index >= 15 is 8.78 Å². The number of benzene rings is 3. The van der Waals surface area contributed by atoms with Crippen molar-refractivity contribution < 1.29 is 33.0 Å². The second-order valence-corrected chi connectivity index (χ2v) is 18.3. The minimum Gasteiger partial charge on any atom is -0.425 e. The number of hydrogen-bond acceptors (Lipinski definition) is 6. The second-order valence-electron chi connectivity index (χ2n) is 12.6.